The molecule has 0 aliphatic carbocycles. The monoisotopic (exact) mass is 289 g/mol. The van der Waals surface area contributed by atoms with Crippen LogP contribution in [0.2, 0.25) is 19.6 Å². The van der Waals surface area contributed by atoms with Crippen LogP contribution in [0.15, 0.2) is 24.3 Å². The van der Waals surface area contributed by atoms with Crippen molar-refractivity contribution in [3.8, 4) is 11.5 Å². The Hall–Kier alpha value is -1.18. The van der Waals surface area contributed by atoms with Crippen LogP contribution in [0.1, 0.15) is 12.0 Å². The van der Waals surface area contributed by atoms with Gasteiger partial charge in [-0.1, -0.05) is 37.7 Å². The summed E-state index contributed by atoms with van der Waals surface area (Å²) in [7, 11) is -1.41. The van der Waals surface area contributed by atoms with Gasteiger partial charge in [-0.25, -0.2) is 0 Å². The smallest absolute Gasteiger partial charge is 0.228 e. The molecule has 19 heavy (non-hydrogen) atoms. The number of thiol groups is 1. The second kappa shape index (κ2) is 5.44. The first-order chi connectivity index (χ1) is 8.87. The molecule has 100 valence electrons. The van der Waals surface area contributed by atoms with Gasteiger partial charge in [0.05, 0.1) is 5.69 Å². The molecule has 4 heteroatoms. The Morgan fingerprint density at radius 2 is 2.00 bits per heavy atom. The first kappa shape index (κ1) is 14.2. The van der Waals surface area contributed by atoms with Gasteiger partial charge in [0.15, 0.2) is 0 Å². The van der Waals surface area contributed by atoms with E-state index < -0.39 is 8.07 Å². The zero-order valence-corrected chi connectivity index (χ0v) is 13.5. The van der Waals surface area contributed by atoms with Gasteiger partial charge in [-0.05, 0) is 12.1 Å². The average molecular weight is 289 g/mol. The largest absolute Gasteiger partial charge is 0.310 e. The topological polar surface area (TPSA) is 20.3 Å². The van der Waals surface area contributed by atoms with Gasteiger partial charge in [-0.15, -0.1) is 5.54 Å². The molecule has 1 heterocycles. The highest BCUT2D eigenvalue weighted by Gasteiger charge is 2.29. The minimum absolute atomic E-state index is 0.130. The lowest BCUT2D eigenvalue weighted by Gasteiger charge is -2.18. The molecule has 2 rings (SSSR count). The van der Waals surface area contributed by atoms with Crippen LogP contribution in [-0.2, 0) is 4.79 Å². The van der Waals surface area contributed by atoms with Crippen molar-refractivity contribution in [2.75, 3.05) is 11.4 Å². The van der Waals surface area contributed by atoms with Gasteiger partial charge < -0.3 is 4.90 Å². The molecular formula is C15H19NOSSi. The molecule has 1 fully saturated rings. The van der Waals surface area contributed by atoms with Gasteiger partial charge in [0, 0.05) is 23.8 Å². The van der Waals surface area contributed by atoms with E-state index in [2.05, 4.69) is 43.7 Å². The molecule has 1 amide bonds. The Labute approximate surface area is 121 Å². The van der Waals surface area contributed by atoms with Crippen LogP contribution in [0.25, 0.3) is 0 Å². The van der Waals surface area contributed by atoms with Crippen LogP contribution < -0.4 is 4.90 Å². The van der Waals surface area contributed by atoms with Crippen molar-refractivity contribution >= 4 is 32.3 Å². The Balaban J connectivity index is 2.36. The number of rotatable bonds is 1. The molecule has 0 aromatic heterocycles. The molecule has 1 atom stereocenters. The summed E-state index contributed by atoms with van der Waals surface area (Å²) in [5, 5.41) is 0.130. The number of hydrogen-bond acceptors (Lipinski definition) is 2. The molecule has 0 saturated carbocycles. The van der Waals surface area contributed by atoms with Crippen molar-refractivity contribution in [2.24, 2.45) is 0 Å². The van der Waals surface area contributed by atoms with E-state index >= 15 is 0 Å². The van der Waals surface area contributed by atoms with Crippen LogP contribution >= 0.6 is 12.6 Å². The number of hydrogen-bond donors (Lipinski definition) is 1. The zero-order chi connectivity index (χ0) is 14.0. The molecule has 0 bridgehead atoms. The molecule has 1 aromatic rings. The second-order valence-electron chi connectivity index (χ2n) is 5.88. The highest BCUT2D eigenvalue weighted by Crippen LogP contribution is 2.26. The van der Waals surface area contributed by atoms with E-state index in [1.54, 1.807) is 0 Å². The van der Waals surface area contributed by atoms with Crippen molar-refractivity contribution in [1.82, 2.24) is 0 Å². The fraction of sp³-hybridized carbons (Fsp3) is 0.400. The van der Waals surface area contributed by atoms with Crippen molar-refractivity contribution < 1.29 is 4.79 Å². The minimum atomic E-state index is -1.41. The lowest BCUT2D eigenvalue weighted by Crippen LogP contribution is -2.25. The molecule has 1 aromatic carbocycles. The summed E-state index contributed by atoms with van der Waals surface area (Å²) < 4.78 is 0. The zero-order valence-electron chi connectivity index (χ0n) is 11.6. The summed E-state index contributed by atoms with van der Waals surface area (Å²) in [5.74, 6) is 3.40. The quantitative estimate of drug-likeness (QED) is 0.479. The van der Waals surface area contributed by atoms with E-state index in [0.29, 0.717) is 13.0 Å². The molecule has 1 saturated heterocycles. The average Bonchev–Trinajstić information content (AvgIpc) is 2.65. The molecule has 1 unspecified atom stereocenters. The van der Waals surface area contributed by atoms with Gasteiger partial charge in [-0.3, -0.25) is 4.79 Å². The first-order valence-corrected chi connectivity index (χ1v) is 10.5. The maximum absolute atomic E-state index is 12.0. The van der Waals surface area contributed by atoms with Gasteiger partial charge in [0.25, 0.3) is 0 Å². The number of carbonyl (C=O) groups is 1. The van der Waals surface area contributed by atoms with Crippen LogP contribution in [0.5, 0.6) is 0 Å². The molecule has 0 N–H and O–H groups in total. The Morgan fingerprint density at radius 1 is 1.32 bits per heavy atom. The summed E-state index contributed by atoms with van der Waals surface area (Å²) in [4.78, 5) is 13.8. The van der Waals surface area contributed by atoms with Gasteiger partial charge >= 0.3 is 0 Å². The third-order valence-corrected chi connectivity index (χ3v) is 4.09. The van der Waals surface area contributed by atoms with E-state index in [0.717, 1.165) is 11.3 Å². The maximum Gasteiger partial charge on any atom is 0.228 e. The number of anilines is 1. The highest BCUT2D eigenvalue weighted by atomic mass is 32.1. The Morgan fingerprint density at radius 3 is 2.58 bits per heavy atom. The van der Waals surface area contributed by atoms with Crippen LogP contribution in [0.3, 0.4) is 0 Å². The second-order valence-corrected chi connectivity index (χ2v) is 11.4. The van der Waals surface area contributed by atoms with Gasteiger partial charge in [-0.2, -0.15) is 12.6 Å². The Bertz CT molecular complexity index is 553. The third kappa shape index (κ3) is 3.65. The van der Waals surface area contributed by atoms with Crippen molar-refractivity contribution in [3.63, 3.8) is 0 Å². The molecule has 1 aliphatic heterocycles. The fourth-order valence-electron chi connectivity index (χ4n) is 1.99. The van der Waals surface area contributed by atoms with Crippen molar-refractivity contribution in [1.29, 1.82) is 0 Å². The lowest BCUT2D eigenvalue weighted by molar-refractivity contribution is -0.117. The first-order valence-electron chi connectivity index (χ1n) is 6.47. The normalized spacial score (nSPS) is 19.3. The number of carbonyl (C=O) groups excluding carboxylic acids is 1. The van der Waals surface area contributed by atoms with Crippen LogP contribution in [0, 0.1) is 11.5 Å². The summed E-state index contributed by atoms with van der Waals surface area (Å²) in [6.07, 6.45) is 0.513. The van der Waals surface area contributed by atoms with E-state index in [-0.39, 0.29) is 11.2 Å². The van der Waals surface area contributed by atoms with Crippen molar-refractivity contribution in [2.45, 2.75) is 31.3 Å². The summed E-state index contributed by atoms with van der Waals surface area (Å²) >= 11 is 4.40. The van der Waals surface area contributed by atoms with E-state index in [4.69, 9.17) is 0 Å². The summed E-state index contributed by atoms with van der Waals surface area (Å²) in [6.45, 7) is 7.32. The summed E-state index contributed by atoms with van der Waals surface area (Å²) in [6, 6.07) is 7.88. The third-order valence-electron chi connectivity index (χ3n) is 2.87. The van der Waals surface area contributed by atoms with E-state index in [9.17, 15) is 4.79 Å². The predicted molar refractivity (Wildman–Crippen MR) is 86.4 cm³/mol. The highest BCUT2D eigenvalue weighted by molar-refractivity contribution is 7.81. The van der Waals surface area contributed by atoms with E-state index in [1.165, 1.54) is 0 Å². The maximum atomic E-state index is 12.0. The lowest BCUT2D eigenvalue weighted by atomic mass is 10.1. The Kier molecular flexibility index (Phi) is 4.07. The van der Waals surface area contributed by atoms with Crippen LogP contribution in [0.4, 0.5) is 5.69 Å². The molecular weight excluding hydrogens is 270 g/mol. The fourth-order valence-corrected chi connectivity index (χ4v) is 2.82. The van der Waals surface area contributed by atoms with Crippen LogP contribution in [-0.4, -0.2) is 25.8 Å². The molecule has 0 spiro atoms. The number of para-hydroxylation sites is 1. The number of nitrogens with zero attached hydrogens (tertiary/aromatic N) is 1. The molecule has 2 nitrogen and oxygen atoms in total. The van der Waals surface area contributed by atoms with Gasteiger partial charge in [0.2, 0.25) is 5.91 Å². The minimum Gasteiger partial charge on any atom is -0.310 e. The molecule has 0 radical (unpaired) electrons. The summed E-state index contributed by atoms with van der Waals surface area (Å²) in [5.41, 5.74) is 5.23. The SMILES string of the molecule is C[Si](C)(C)C#Cc1ccccc1N1CC(S)CC1=O. The molecule has 1 aliphatic rings. The van der Waals surface area contributed by atoms with E-state index in [1.807, 2.05) is 29.2 Å². The number of benzene rings is 1. The predicted octanol–water partition coefficient (Wildman–Crippen LogP) is 2.95. The van der Waals surface area contributed by atoms with Gasteiger partial charge in [0.1, 0.15) is 8.07 Å². The van der Waals surface area contributed by atoms with Crippen molar-refractivity contribution in [3.05, 3.63) is 29.8 Å². The standard InChI is InChI=1S/C15H19NOSSi/c1-19(2,3)9-8-12-6-4-5-7-14(12)16-11-13(18)10-15(16)17/h4-7,13,18H,10-11H2,1-3H3. The number of amides is 1.